The maximum atomic E-state index is 5.30. The zero-order chi connectivity index (χ0) is 10.3. The molecule has 1 saturated heterocycles. The Morgan fingerprint density at radius 3 is 2.88 bits per heavy atom. The van der Waals surface area contributed by atoms with E-state index in [1.165, 1.54) is 4.88 Å². The van der Waals surface area contributed by atoms with Gasteiger partial charge < -0.3 is 22.5 Å². The fraction of sp³-hybridized carbons (Fsp3) is 0.636. The van der Waals surface area contributed by atoms with E-state index in [1.54, 1.807) is 0 Å². The van der Waals surface area contributed by atoms with Gasteiger partial charge in [0, 0.05) is 37.6 Å². The van der Waals surface area contributed by atoms with Crippen LogP contribution in [-0.2, 0) is 11.3 Å². The Morgan fingerprint density at radius 2 is 2.19 bits per heavy atom. The standard InChI is InChI=1S/C11H18N2OS.ClH/c1-2-11(15-9-1)10-12-3-4-13-5-7-14-8-6-13;/h1-2,9,12H,3-8,10H2;1H/p-1. The molecule has 5 heteroatoms. The first-order valence-corrected chi connectivity index (χ1v) is 6.36. The van der Waals surface area contributed by atoms with Gasteiger partial charge in [-0.25, -0.2) is 0 Å². The van der Waals surface area contributed by atoms with Crippen LogP contribution in [0.4, 0.5) is 0 Å². The van der Waals surface area contributed by atoms with Crippen LogP contribution < -0.4 is 17.7 Å². The molecule has 1 aliphatic heterocycles. The fourth-order valence-electron chi connectivity index (χ4n) is 1.69. The van der Waals surface area contributed by atoms with Gasteiger partial charge in [0.2, 0.25) is 0 Å². The Balaban J connectivity index is 0.00000128. The third kappa shape index (κ3) is 4.80. The van der Waals surface area contributed by atoms with Crippen molar-refractivity contribution < 1.29 is 17.1 Å². The lowest BCUT2D eigenvalue weighted by atomic mass is 10.4. The quantitative estimate of drug-likeness (QED) is 0.632. The monoisotopic (exact) mass is 261 g/mol. The zero-order valence-electron chi connectivity index (χ0n) is 9.32. The number of hydrogen-bond donors (Lipinski definition) is 1. The van der Waals surface area contributed by atoms with E-state index in [-0.39, 0.29) is 12.4 Å². The van der Waals surface area contributed by atoms with Gasteiger partial charge in [0.15, 0.2) is 0 Å². The number of thiophene rings is 1. The van der Waals surface area contributed by atoms with E-state index in [0.29, 0.717) is 0 Å². The first-order chi connectivity index (χ1) is 7.45. The molecule has 0 radical (unpaired) electrons. The summed E-state index contributed by atoms with van der Waals surface area (Å²) in [6.45, 7) is 7.16. The predicted molar refractivity (Wildman–Crippen MR) is 63.3 cm³/mol. The summed E-state index contributed by atoms with van der Waals surface area (Å²) in [6.07, 6.45) is 0. The summed E-state index contributed by atoms with van der Waals surface area (Å²) in [5.74, 6) is 0. The number of nitrogens with zero attached hydrogens (tertiary/aromatic N) is 1. The molecule has 0 saturated carbocycles. The van der Waals surface area contributed by atoms with Gasteiger partial charge in [0.05, 0.1) is 13.2 Å². The molecule has 0 spiro atoms. The van der Waals surface area contributed by atoms with Crippen molar-refractivity contribution in [2.24, 2.45) is 0 Å². The van der Waals surface area contributed by atoms with Crippen LogP contribution in [0.5, 0.6) is 0 Å². The van der Waals surface area contributed by atoms with E-state index in [2.05, 4.69) is 27.7 Å². The predicted octanol–water partition coefficient (Wildman–Crippen LogP) is -1.83. The minimum absolute atomic E-state index is 0. The summed E-state index contributed by atoms with van der Waals surface area (Å²) < 4.78 is 5.30. The van der Waals surface area contributed by atoms with E-state index in [4.69, 9.17) is 4.74 Å². The van der Waals surface area contributed by atoms with Gasteiger partial charge in [-0.15, -0.1) is 11.3 Å². The molecular formula is C11H18ClN2OS-. The molecule has 2 heterocycles. The summed E-state index contributed by atoms with van der Waals surface area (Å²) in [7, 11) is 0. The van der Waals surface area contributed by atoms with Gasteiger partial charge in [0.25, 0.3) is 0 Å². The molecule has 1 N–H and O–H groups in total. The molecule has 1 fully saturated rings. The number of hydrogen-bond acceptors (Lipinski definition) is 4. The summed E-state index contributed by atoms with van der Waals surface area (Å²) in [5, 5.41) is 5.59. The molecule has 16 heavy (non-hydrogen) atoms. The highest BCUT2D eigenvalue weighted by Gasteiger charge is 2.08. The van der Waals surface area contributed by atoms with Gasteiger partial charge >= 0.3 is 0 Å². The van der Waals surface area contributed by atoms with E-state index in [1.807, 2.05) is 11.3 Å². The van der Waals surface area contributed by atoms with Crippen LogP contribution in [0, 0.1) is 0 Å². The van der Waals surface area contributed by atoms with E-state index in [0.717, 1.165) is 45.9 Å². The number of ether oxygens (including phenoxy) is 1. The first-order valence-electron chi connectivity index (χ1n) is 5.48. The molecule has 3 nitrogen and oxygen atoms in total. The van der Waals surface area contributed by atoms with Crippen molar-refractivity contribution in [2.45, 2.75) is 6.54 Å². The maximum absolute atomic E-state index is 5.30. The Hall–Kier alpha value is -0.130. The highest BCUT2D eigenvalue weighted by atomic mass is 35.5. The Bertz CT molecular complexity index is 263. The number of nitrogens with one attached hydrogen (secondary N) is 1. The highest BCUT2D eigenvalue weighted by molar-refractivity contribution is 7.09. The second-order valence-electron chi connectivity index (χ2n) is 3.71. The van der Waals surface area contributed by atoms with Crippen molar-refractivity contribution in [3.8, 4) is 0 Å². The van der Waals surface area contributed by atoms with Crippen LogP contribution >= 0.6 is 11.3 Å². The average Bonchev–Trinajstić information content (AvgIpc) is 2.79. The van der Waals surface area contributed by atoms with Crippen molar-refractivity contribution in [1.29, 1.82) is 0 Å². The Labute approximate surface area is 107 Å². The van der Waals surface area contributed by atoms with Gasteiger partial charge in [-0.05, 0) is 11.4 Å². The van der Waals surface area contributed by atoms with Crippen LogP contribution in [-0.4, -0.2) is 44.3 Å². The molecule has 2 rings (SSSR count). The summed E-state index contributed by atoms with van der Waals surface area (Å²) in [6, 6.07) is 4.27. The molecule has 0 unspecified atom stereocenters. The van der Waals surface area contributed by atoms with Crippen LogP contribution in [0.2, 0.25) is 0 Å². The Kier molecular flexibility index (Phi) is 7.00. The second kappa shape index (κ2) is 8.03. The first kappa shape index (κ1) is 13.9. The molecule has 0 aromatic carbocycles. The highest BCUT2D eigenvalue weighted by Crippen LogP contribution is 2.07. The van der Waals surface area contributed by atoms with Crippen LogP contribution in [0.15, 0.2) is 17.5 Å². The molecule has 1 aliphatic rings. The number of morpholine rings is 1. The smallest absolute Gasteiger partial charge is 0.0594 e. The number of halogens is 1. The lowest BCUT2D eigenvalue weighted by Crippen LogP contribution is -3.00. The van der Waals surface area contributed by atoms with Gasteiger partial charge in [-0.3, -0.25) is 4.90 Å². The SMILES string of the molecule is [Cl-].c1csc(CNCCN2CCOCC2)c1. The lowest BCUT2D eigenvalue weighted by molar-refractivity contribution is -0.00000464. The lowest BCUT2D eigenvalue weighted by Gasteiger charge is -2.26. The zero-order valence-corrected chi connectivity index (χ0v) is 10.9. The topological polar surface area (TPSA) is 24.5 Å². The molecule has 0 atom stereocenters. The summed E-state index contributed by atoms with van der Waals surface area (Å²) >= 11 is 1.81. The van der Waals surface area contributed by atoms with Crippen molar-refractivity contribution in [1.82, 2.24) is 10.2 Å². The molecule has 1 aromatic rings. The van der Waals surface area contributed by atoms with Crippen LogP contribution in [0.1, 0.15) is 4.88 Å². The normalized spacial score (nSPS) is 17.0. The maximum Gasteiger partial charge on any atom is 0.0594 e. The van der Waals surface area contributed by atoms with Crippen molar-refractivity contribution >= 4 is 11.3 Å². The summed E-state index contributed by atoms with van der Waals surface area (Å²) in [5.41, 5.74) is 0. The molecule has 1 aromatic heterocycles. The fourth-order valence-corrected chi connectivity index (χ4v) is 2.36. The van der Waals surface area contributed by atoms with Gasteiger partial charge in [-0.2, -0.15) is 0 Å². The molecule has 0 aliphatic carbocycles. The molecule has 92 valence electrons. The van der Waals surface area contributed by atoms with Crippen molar-refractivity contribution in [3.63, 3.8) is 0 Å². The Morgan fingerprint density at radius 1 is 1.38 bits per heavy atom. The van der Waals surface area contributed by atoms with E-state index in [9.17, 15) is 0 Å². The minimum atomic E-state index is 0. The number of rotatable bonds is 5. The second-order valence-corrected chi connectivity index (χ2v) is 4.74. The molecule has 0 bridgehead atoms. The average molecular weight is 262 g/mol. The minimum Gasteiger partial charge on any atom is -1.00 e. The van der Waals surface area contributed by atoms with Crippen LogP contribution in [0.25, 0.3) is 0 Å². The summed E-state index contributed by atoms with van der Waals surface area (Å²) in [4.78, 5) is 3.86. The van der Waals surface area contributed by atoms with Crippen molar-refractivity contribution in [3.05, 3.63) is 22.4 Å². The van der Waals surface area contributed by atoms with Crippen molar-refractivity contribution in [2.75, 3.05) is 39.4 Å². The largest absolute Gasteiger partial charge is 1.00 e. The molecule has 0 amide bonds. The van der Waals surface area contributed by atoms with Gasteiger partial charge in [-0.1, -0.05) is 6.07 Å². The van der Waals surface area contributed by atoms with Crippen LogP contribution in [0.3, 0.4) is 0 Å². The van der Waals surface area contributed by atoms with E-state index < -0.39 is 0 Å². The third-order valence-electron chi connectivity index (χ3n) is 2.59. The van der Waals surface area contributed by atoms with E-state index >= 15 is 0 Å². The third-order valence-corrected chi connectivity index (χ3v) is 3.46. The molecular weight excluding hydrogens is 244 g/mol. The van der Waals surface area contributed by atoms with Gasteiger partial charge in [0.1, 0.15) is 0 Å².